The third kappa shape index (κ3) is 6.34. The van der Waals surface area contributed by atoms with E-state index in [1.807, 2.05) is 6.92 Å². The van der Waals surface area contributed by atoms with Gasteiger partial charge in [-0.05, 0) is 45.0 Å². The molecule has 2 aromatic carbocycles. The number of aryl methyl sites for hydroxylation is 2. The van der Waals surface area contributed by atoms with E-state index >= 15 is 0 Å². The lowest BCUT2D eigenvalue weighted by Crippen LogP contribution is -2.50. The van der Waals surface area contributed by atoms with Gasteiger partial charge in [-0.25, -0.2) is 9.59 Å². The Morgan fingerprint density at radius 2 is 1.91 bits per heavy atom. The number of fused-ring (bicyclic) bond motifs is 2. The summed E-state index contributed by atoms with van der Waals surface area (Å²) in [6.07, 6.45) is -0.601. The molecule has 0 fully saturated rings. The Kier molecular flexibility index (Phi) is 8.81. The van der Waals surface area contributed by atoms with Crippen LogP contribution in [0.3, 0.4) is 0 Å². The van der Waals surface area contributed by atoms with Gasteiger partial charge in [0.2, 0.25) is 6.79 Å². The number of benzene rings is 2. The van der Waals surface area contributed by atoms with E-state index in [-0.39, 0.29) is 61.3 Å². The topological polar surface area (TPSA) is 168 Å². The number of urea groups is 2. The first-order valence-electron chi connectivity index (χ1n) is 14.2. The van der Waals surface area contributed by atoms with Crippen molar-refractivity contribution in [3.63, 3.8) is 0 Å². The smallest absolute Gasteiger partial charge is 0.323 e. The Hall–Kier alpha value is -4.98. The highest BCUT2D eigenvalue weighted by atomic mass is 16.7. The first-order valence-corrected chi connectivity index (χ1v) is 14.2. The van der Waals surface area contributed by atoms with Crippen molar-refractivity contribution >= 4 is 35.0 Å². The number of aliphatic hydroxyl groups is 1. The number of carbonyl (C=O) groups excluding carboxylic acids is 3. The number of rotatable bonds is 7. The Labute approximate surface area is 254 Å². The molecule has 2 aliphatic heterocycles. The largest absolute Gasteiger partial charge is 0.485 e. The Morgan fingerprint density at radius 3 is 2.64 bits per heavy atom. The molecule has 14 nitrogen and oxygen atoms in total. The van der Waals surface area contributed by atoms with Gasteiger partial charge in [-0.3, -0.25) is 4.79 Å². The number of nitrogens with zero attached hydrogens (tertiary/aromatic N) is 3. The molecule has 5 amide bonds. The standard InChI is InChI=1S/C30H36N6O8/c1-16-12-36(17(2)14-37)28(38)21-7-6-8-22(32-29(39)33-26-18(3)34-44-19(26)4)27(21)43-25(16)13-35(5)30(40)31-20-9-10-23-24(11-20)42-15-41-23/h6-11,16-17,25,37H,12-15H2,1-5H3,(H,31,40)(H2,32,33,39)/t16-,17+,25-/m0/s1. The summed E-state index contributed by atoms with van der Waals surface area (Å²) in [6.45, 7) is 7.34. The predicted molar refractivity (Wildman–Crippen MR) is 160 cm³/mol. The molecular weight excluding hydrogens is 572 g/mol. The zero-order valence-electron chi connectivity index (χ0n) is 25.2. The summed E-state index contributed by atoms with van der Waals surface area (Å²) in [5.74, 6) is 1.12. The van der Waals surface area contributed by atoms with Crippen molar-refractivity contribution in [2.75, 3.05) is 49.5 Å². The van der Waals surface area contributed by atoms with Gasteiger partial charge in [0.15, 0.2) is 23.0 Å². The van der Waals surface area contributed by atoms with Crippen molar-refractivity contribution < 1.29 is 38.2 Å². The van der Waals surface area contributed by atoms with E-state index in [9.17, 15) is 19.5 Å². The van der Waals surface area contributed by atoms with Crippen molar-refractivity contribution in [2.24, 2.45) is 5.92 Å². The fourth-order valence-corrected chi connectivity index (χ4v) is 5.03. The highest BCUT2D eigenvalue weighted by Gasteiger charge is 2.35. The molecule has 3 atom stereocenters. The van der Waals surface area contributed by atoms with Crippen molar-refractivity contribution in [2.45, 2.75) is 39.8 Å². The van der Waals surface area contributed by atoms with E-state index < -0.39 is 18.2 Å². The maximum absolute atomic E-state index is 13.7. The third-order valence-corrected chi connectivity index (χ3v) is 7.64. The SMILES string of the molecule is Cc1noc(C)c1NC(=O)Nc1cccc2c1O[C@@H](CN(C)C(=O)Nc1ccc3c(c1)OCO3)[C@@H](C)CN([C@H](C)CO)C2=O. The zero-order valence-corrected chi connectivity index (χ0v) is 25.2. The van der Waals surface area contributed by atoms with Gasteiger partial charge in [0.25, 0.3) is 5.91 Å². The molecule has 0 aliphatic carbocycles. The van der Waals surface area contributed by atoms with Crippen LogP contribution in [0.4, 0.5) is 26.7 Å². The fraction of sp³-hybridized carbons (Fsp3) is 0.400. The molecule has 44 heavy (non-hydrogen) atoms. The average Bonchev–Trinajstić information content (AvgIpc) is 3.60. The number of carbonyl (C=O) groups is 3. The van der Waals surface area contributed by atoms with Crippen LogP contribution in [0.15, 0.2) is 40.9 Å². The molecule has 0 bridgehead atoms. The first kappa shape index (κ1) is 30.5. The van der Waals surface area contributed by atoms with Gasteiger partial charge in [-0.15, -0.1) is 0 Å². The summed E-state index contributed by atoms with van der Waals surface area (Å²) in [5.41, 5.74) is 1.94. The van der Waals surface area contributed by atoms with Crippen molar-refractivity contribution in [1.29, 1.82) is 0 Å². The van der Waals surface area contributed by atoms with Crippen molar-refractivity contribution in [3.8, 4) is 17.2 Å². The lowest BCUT2D eigenvalue weighted by molar-refractivity contribution is 0.0373. The van der Waals surface area contributed by atoms with Crippen molar-refractivity contribution in [3.05, 3.63) is 53.4 Å². The predicted octanol–water partition coefficient (Wildman–Crippen LogP) is 4.05. The van der Waals surface area contributed by atoms with Gasteiger partial charge in [0, 0.05) is 31.3 Å². The van der Waals surface area contributed by atoms with Gasteiger partial charge in [-0.2, -0.15) is 0 Å². The first-order chi connectivity index (χ1) is 21.0. The molecule has 0 radical (unpaired) electrons. The van der Waals surface area contributed by atoms with Gasteiger partial charge in [0.1, 0.15) is 17.5 Å². The Bertz CT molecular complexity index is 1540. The van der Waals surface area contributed by atoms with Crippen LogP contribution in [0.1, 0.15) is 35.7 Å². The summed E-state index contributed by atoms with van der Waals surface area (Å²) in [5, 5.41) is 22.2. The minimum Gasteiger partial charge on any atom is -0.485 e. The molecule has 4 N–H and O–H groups in total. The second-order valence-corrected chi connectivity index (χ2v) is 11.0. The number of aliphatic hydroxyl groups excluding tert-OH is 1. The number of likely N-dealkylation sites (N-methyl/N-ethyl adjacent to an activating group) is 1. The van der Waals surface area contributed by atoms with Crippen LogP contribution < -0.4 is 30.2 Å². The fourth-order valence-electron chi connectivity index (χ4n) is 5.03. The van der Waals surface area contributed by atoms with Crippen LogP contribution in [0.25, 0.3) is 0 Å². The van der Waals surface area contributed by atoms with E-state index in [0.717, 1.165) is 0 Å². The minimum absolute atomic E-state index is 0.123. The quantitative estimate of drug-likeness (QED) is 0.309. The lowest BCUT2D eigenvalue weighted by Gasteiger charge is -2.38. The number of ether oxygens (including phenoxy) is 3. The van der Waals surface area contributed by atoms with Gasteiger partial charge >= 0.3 is 12.1 Å². The van der Waals surface area contributed by atoms with Crippen LogP contribution in [0.5, 0.6) is 17.2 Å². The Morgan fingerprint density at radius 1 is 1.14 bits per heavy atom. The normalized spacial score (nSPS) is 18.0. The molecular formula is C30H36N6O8. The maximum atomic E-state index is 13.7. The summed E-state index contributed by atoms with van der Waals surface area (Å²) in [6, 6.07) is 8.54. The molecule has 0 unspecified atom stereocenters. The van der Waals surface area contributed by atoms with Gasteiger partial charge in [0.05, 0.1) is 30.4 Å². The van der Waals surface area contributed by atoms with Gasteiger partial charge in [-0.1, -0.05) is 18.1 Å². The zero-order chi connectivity index (χ0) is 31.5. The van der Waals surface area contributed by atoms with Crippen LogP contribution >= 0.6 is 0 Å². The monoisotopic (exact) mass is 608 g/mol. The summed E-state index contributed by atoms with van der Waals surface area (Å²) in [7, 11) is 1.64. The molecule has 1 aromatic heterocycles. The number of nitrogens with one attached hydrogen (secondary N) is 3. The van der Waals surface area contributed by atoms with Crippen molar-refractivity contribution in [1.82, 2.24) is 15.0 Å². The average molecular weight is 609 g/mol. The molecule has 3 aromatic rings. The molecule has 3 heterocycles. The highest BCUT2D eigenvalue weighted by molar-refractivity contribution is 6.04. The molecule has 0 saturated carbocycles. The maximum Gasteiger partial charge on any atom is 0.323 e. The van der Waals surface area contributed by atoms with E-state index in [4.69, 9.17) is 18.7 Å². The van der Waals surface area contributed by atoms with Crippen LogP contribution in [0, 0.1) is 19.8 Å². The lowest BCUT2D eigenvalue weighted by atomic mass is 9.99. The summed E-state index contributed by atoms with van der Waals surface area (Å²) >= 11 is 0. The van der Waals surface area contributed by atoms with Crippen LogP contribution in [-0.4, -0.2) is 83.7 Å². The van der Waals surface area contributed by atoms with Gasteiger partial charge < -0.3 is 49.6 Å². The Balaban J connectivity index is 1.40. The van der Waals surface area contributed by atoms with Crippen LogP contribution in [0.2, 0.25) is 0 Å². The molecule has 0 spiro atoms. The molecule has 14 heteroatoms. The summed E-state index contributed by atoms with van der Waals surface area (Å²) < 4.78 is 22.4. The number of para-hydroxylation sites is 1. The second kappa shape index (κ2) is 12.7. The van der Waals surface area contributed by atoms with Crippen LogP contribution in [-0.2, 0) is 0 Å². The molecule has 234 valence electrons. The van der Waals surface area contributed by atoms with E-state index in [2.05, 4.69) is 21.1 Å². The van der Waals surface area contributed by atoms with E-state index in [1.54, 1.807) is 69.1 Å². The third-order valence-electron chi connectivity index (χ3n) is 7.64. The molecule has 5 rings (SSSR count). The van der Waals surface area contributed by atoms with E-state index in [0.29, 0.717) is 34.3 Å². The molecule has 2 aliphatic rings. The van der Waals surface area contributed by atoms with E-state index in [1.165, 1.54) is 4.90 Å². The highest BCUT2D eigenvalue weighted by Crippen LogP contribution is 2.36. The number of anilines is 3. The number of hydrogen-bond donors (Lipinski definition) is 4. The minimum atomic E-state index is -0.601. The second-order valence-electron chi connectivity index (χ2n) is 11.0. The summed E-state index contributed by atoms with van der Waals surface area (Å²) in [4.78, 5) is 43.0. The molecule has 0 saturated heterocycles. The number of hydrogen-bond acceptors (Lipinski definition) is 9. The number of aromatic nitrogens is 1. The number of amides is 5.